The normalized spacial score (nSPS) is 16.8. The summed E-state index contributed by atoms with van der Waals surface area (Å²) in [5.41, 5.74) is 5.57. The molecule has 0 saturated carbocycles. The van der Waals surface area contributed by atoms with E-state index in [1.807, 2.05) is 24.4 Å². The fourth-order valence-electron chi connectivity index (χ4n) is 4.35. The molecule has 4 heteroatoms. The van der Waals surface area contributed by atoms with E-state index in [-0.39, 0.29) is 0 Å². The molecule has 0 spiro atoms. The van der Waals surface area contributed by atoms with Gasteiger partial charge in [0.2, 0.25) is 0 Å². The molecule has 0 N–H and O–H groups in total. The summed E-state index contributed by atoms with van der Waals surface area (Å²) >= 11 is 0. The van der Waals surface area contributed by atoms with E-state index in [1.165, 1.54) is 11.4 Å². The lowest BCUT2D eigenvalue weighted by atomic mass is 10.1. The number of hydrogen-bond donors (Lipinski definition) is 0. The average molecular weight is 395 g/mol. The molecule has 5 rings (SSSR count). The number of benzene rings is 2. The molecule has 30 heavy (non-hydrogen) atoms. The quantitative estimate of drug-likeness (QED) is 0.470. The predicted molar refractivity (Wildman–Crippen MR) is 121 cm³/mol. The fraction of sp³-hybridized carbons (Fsp3) is 0.231. The number of pyridine rings is 1. The summed E-state index contributed by atoms with van der Waals surface area (Å²) in [5.74, 6) is 1.65. The summed E-state index contributed by atoms with van der Waals surface area (Å²) in [6, 6.07) is 25.2. The van der Waals surface area contributed by atoms with Gasteiger partial charge >= 0.3 is 0 Å². The Labute approximate surface area is 177 Å². The first-order valence-corrected chi connectivity index (χ1v) is 10.6. The van der Waals surface area contributed by atoms with Crippen LogP contribution in [0.2, 0.25) is 0 Å². The summed E-state index contributed by atoms with van der Waals surface area (Å²) in [6.07, 6.45) is 5.22. The van der Waals surface area contributed by atoms with Crippen molar-refractivity contribution in [1.82, 2.24) is 19.4 Å². The summed E-state index contributed by atoms with van der Waals surface area (Å²) in [7, 11) is 2.11. The van der Waals surface area contributed by atoms with Gasteiger partial charge in [0.1, 0.15) is 5.82 Å². The van der Waals surface area contributed by atoms with Crippen molar-refractivity contribution in [3.05, 3.63) is 96.6 Å². The summed E-state index contributed by atoms with van der Waals surface area (Å²) < 4.78 is 2.19. The van der Waals surface area contributed by atoms with Crippen molar-refractivity contribution >= 4 is 0 Å². The number of hydrogen-bond acceptors (Lipinski definition) is 3. The van der Waals surface area contributed by atoms with Gasteiger partial charge in [-0.1, -0.05) is 60.7 Å². The fourth-order valence-corrected chi connectivity index (χ4v) is 4.35. The van der Waals surface area contributed by atoms with Gasteiger partial charge in [-0.05, 0) is 30.7 Å². The van der Waals surface area contributed by atoms with E-state index in [0.717, 1.165) is 48.6 Å². The maximum Gasteiger partial charge on any atom is 0.113 e. The lowest BCUT2D eigenvalue weighted by Crippen LogP contribution is -2.20. The number of aromatic nitrogens is 3. The van der Waals surface area contributed by atoms with Gasteiger partial charge in [-0.2, -0.15) is 0 Å². The highest BCUT2D eigenvalue weighted by molar-refractivity contribution is 5.64. The smallest absolute Gasteiger partial charge is 0.113 e. The molecule has 2 aromatic heterocycles. The van der Waals surface area contributed by atoms with E-state index in [0.29, 0.717) is 5.92 Å². The Kier molecular flexibility index (Phi) is 5.16. The van der Waals surface area contributed by atoms with E-state index >= 15 is 0 Å². The molecule has 0 aliphatic carbocycles. The molecule has 1 aliphatic heterocycles. The van der Waals surface area contributed by atoms with Crippen LogP contribution in [0.1, 0.15) is 23.7 Å². The predicted octanol–water partition coefficient (Wildman–Crippen LogP) is 5.14. The summed E-state index contributed by atoms with van der Waals surface area (Å²) in [5, 5.41) is 0. The van der Waals surface area contributed by atoms with Crippen molar-refractivity contribution in [2.24, 2.45) is 7.05 Å². The third kappa shape index (κ3) is 3.91. The molecule has 1 saturated heterocycles. The lowest BCUT2D eigenvalue weighted by molar-refractivity contribution is 0.325. The van der Waals surface area contributed by atoms with Crippen LogP contribution in [0.15, 0.2) is 85.2 Å². The Morgan fingerprint density at radius 2 is 1.63 bits per heavy atom. The average Bonchev–Trinajstić information content (AvgIpc) is 3.41. The number of imidazole rings is 1. The van der Waals surface area contributed by atoms with E-state index in [9.17, 15) is 0 Å². The van der Waals surface area contributed by atoms with Crippen LogP contribution in [0.5, 0.6) is 0 Å². The molecule has 0 bridgehead atoms. The standard InChI is InChI=1S/C26H26N4/c1-29-19-25(22-12-13-24(27-16-22)21-10-6-3-7-11-21)28-26(29)23-14-15-30(18-23)17-20-8-4-2-5-9-20/h2-13,16,19,23H,14-15,17-18H2,1H3/t23-/m1/s1. The molecule has 1 fully saturated rings. The topological polar surface area (TPSA) is 34.0 Å². The second kappa shape index (κ2) is 8.25. The Balaban J connectivity index is 1.30. The van der Waals surface area contributed by atoms with E-state index in [1.54, 1.807) is 0 Å². The summed E-state index contributed by atoms with van der Waals surface area (Å²) in [4.78, 5) is 12.2. The van der Waals surface area contributed by atoms with Crippen molar-refractivity contribution < 1.29 is 0 Å². The number of likely N-dealkylation sites (tertiary alicyclic amines) is 1. The van der Waals surface area contributed by atoms with Crippen LogP contribution < -0.4 is 0 Å². The number of rotatable bonds is 5. The first kappa shape index (κ1) is 18.8. The Hall–Kier alpha value is -3.24. The zero-order valence-corrected chi connectivity index (χ0v) is 17.3. The molecule has 0 amide bonds. The van der Waals surface area contributed by atoms with Crippen molar-refractivity contribution in [2.75, 3.05) is 13.1 Å². The van der Waals surface area contributed by atoms with Gasteiger partial charge in [0, 0.05) is 49.6 Å². The van der Waals surface area contributed by atoms with E-state index in [2.05, 4.69) is 82.3 Å². The van der Waals surface area contributed by atoms with Crippen molar-refractivity contribution in [1.29, 1.82) is 0 Å². The zero-order chi connectivity index (χ0) is 20.3. The maximum atomic E-state index is 5.00. The largest absolute Gasteiger partial charge is 0.337 e. The molecule has 1 atom stereocenters. The van der Waals surface area contributed by atoms with Crippen LogP contribution in [0, 0.1) is 0 Å². The van der Waals surface area contributed by atoms with Crippen molar-refractivity contribution in [3.8, 4) is 22.5 Å². The highest BCUT2D eigenvalue weighted by atomic mass is 15.2. The van der Waals surface area contributed by atoms with Crippen LogP contribution in [0.25, 0.3) is 22.5 Å². The SMILES string of the molecule is Cn1cc(-c2ccc(-c3ccccc3)nc2)nc1[C@@H]1CCN(Cc2ccccc2)C1. The Morgan fingerprint density at radius 1 is 0.867 bits per heavy atom. The second-order valence-electron chi connectivity index (χ2n) is 8.10. The molecular formula is C26H26N4. The third-order valence-corrected chi connectivity index (χ3v) is 5.93. The van der Waals surface area contributed by atoms with Crippen LogP contribution in [0.4, 0.5) is 0 Å². The second-order valence-corrected chi connectivity index (χ2v) is 8.10. The van der Waals surface area contributed by atoms with Crippen LogP contribution in [0.3, 0.4) is 0 Å². The highest BCUT2D eigenvalue weighted by Gasteiger charge is 2.27. The van der Waals surface area contributed by atoms with Gasteiger partial charge in [-0.3, -0.25) is 9.88 Å². The molecule has 150 valence electrons. The zero-order valence-electron chi connectivity index (χ0n) is 17.3. The van der Waals surface area contributed by atoms with Gasteiger partial charge in [0.15, 0.2) is 0 Å². The van der Waals surface area contributed by atoms with Crippen molar-refractivity contribution in [2.45, 2.75) is 18.9 Å². The van der Waals surface area contributed by atoms with Gasteiger partial charge in [-0.25, -0.2) is 4.98 Å². The highest BCUT2D eigenvalue weighted by Crippen LogP contribution is 2.30. The lowest BCUT2D eigenvalue weighted by Gasteiger charge is -2.16. The van der Waals surface area contributed by atoms with E-state index < -0.39 is 0 Å². The molecule has 0 radical (unpaired) electrons. The van der Waals surface area contributed by atoms with Crippen LogP contribution >= 0.6 is 0 Å². The first-order valence-electron chi connectivity index (χ1n) is 10.6. The van der Waals surface area contributed by atoms with Crippen LogP contribution in [-0.4, -0.2) is 32.5 Å². The third-order valence-electron chi connectivity index (χ3n) is 5.93. The van der Waals surface area contributed by atoms with Gasteiger partial charge < -0.3 is 4.57 Å². The molecule has 3 heterocycles. The molecule has 1 aliphatic rings. The van der Waals surface area contributed by atoms with Crippen LogP contribution in [-0.2, 0) is 13.6 Å². The van der Waals surface area contributed by atoms with Crippen molar-refractivity contribution in [3.63, 3.8) is 0 Å². The summed E-state index contributed by atoms with van der Waals surface area (Å²) in [6.45, 7) is 3.19. The molecule has 4 aromatic rings. The molecule has 4 nitrogen and oxygen atoms in total. The van der Waals surface area contributed by atoms with Gasteiger partial charge in [0.25, 0.3) is 0 Å². The number of aryl methyl sites for hydroxylation is 1. The number of nitrogens with zero attached hydrogens (tertiary/aromatic N) is 4. The van der Waals surface area contributed by atoms with Gasteiger partial charge in [0.05, 0.1) is 11.4 Å². The molecule has 2 aromatic carbocycles. The minimum Gasteiger partial charge on any atom is -0.337 e. The Bertz CT molecular complexity index is 1100. The van der Waals surface area contributed by atoms with E-state index in [4.69, 9.17) is 4.98 Å². The van der Waals surface area contributed by atoms with Gasteiger partial charge in [-0.15, -0.1) is 0 Å². The monoisotopic (exact) mass is 394 g/mol. The minimum atomic E-state index is 0.476. The molecule has 0 unspecified atom stereocenters. The molecular weight excluding hydrogens is 368 g/mol. The minimum absolute atomic E-state index is 0.476. The first-order chi connectivity index (χ1) is 14.8. The maximum absolute atomic E-state index is 5.00. The Morgan fingerprint density at radius 3 is 2.37 bits per heavy atom.